The second-order valence-electron chi connectivity index (χ2n) is 2.29. The highest BCUT2D eigenvalue weighted by molar-refractivity contribution is 9.10. The molecule has 13 heavy (non-hydrogen) atoms. The van der Waals surface area contributed by atoms with E-state index >= 15 is 0 Å². The summed E-state index contributed by atoms with van der Waals surface area (Å²) in [6.45, 7) is 0.529. The lowest BCUT2D eigenvalue weighted by Crippen LogP contribution is -2.03. The van der Waals surface area contributed by atoms with E-state index in [9.17, 15) is 0 Å². The number of hydrogen-bond donors (Lipinski definition) is 1. The number of hydrogen-bond acceptors (Lipinski definition) is 6. The molecule has 0 aromatic carbocycles. The molecule has 0 aliphatic heterocycles. The van der Waals surface area contributed by atoms with E-state index in [-0.39, 0.29) is 5.95 Å². The van der Waals surface area contributed by atoms with Gasteiger partial charge in [-0.25, -0.2) is 4.68 Å². The molecular weight excluding hydrogens is 256 g/mol. The Morgan fingerprint density at radius 3 is 3.00 bits per heavy atom. The van der Waals surface area contributed by atoms with Crippen LogP contribution in [0.5, 0.6) is 0 Å². The van der Waals surface area contributed by atoms with Crippen molar-refractivity contribution in [2.24, 2.45) is 0 Å². The van der Waals surface area contributed by atoms with Crippen LogP contribution in [0.25, 0.3) is 0 Å². The van der Waals surface area contributed by atoms with Crippen LogP contribution in [0.2, 0.25) is 0 Å². The minimum atomic E-state index is 0.245. The molecule has 0 aliphatic rings. The van der Waals surface area contributed by atoms with E-state index in [1.54, 1.807) is 4.68 Å². The first kappa shape index (κ1) is 8.57. The van der Waals surface area contributed by atoms with Crippen LogP contribution in [0, 0.1) is 0 Å². The fraction of sp³-hybridized carbons (Fsp3) is 0.200. The first-order valence-electron chi connectivity index (χ1n) is 3.37. The summed E-state index contributed by atoms with van der Waals surface area (Å²) in [5, 5.41) is 9.69. The van der Waals surface area contributed by atoms with Crippen LogP contribution in [0.3, 0.4) is 0 Å². The molecule has 0 unspecified atom stereocenters. The molecule has 0 aliphatic carbocycles. The molecule has 0 amide bonds. The number of nitrogens with zero attached hydrogens (tertiary/aromatic N) is 5. The summed E-state index contributed by atoms with van der Waals surface area (Å²) in [5.74, 6) is 0.245. The Morgan fingerprint density at radius 2 is 2.46 bits per heavy atom. The molecule has 0 saturated heterocycles. The lowest BCUT2D eigenvalue weighted by atomic mass is 10.5. The van der Waals surface area contributed by atoms with E-state index in [0.29, 0.717) is 11.3 Å². The Morgan fingerprint density at radius 1 is 1.62 bits per heavy atom. The zero-order valence-corrected chi connectivity index (χ0v) is 8.79. The van der Waals surface area contributed by atoms with Crippen molar-refractivity contribution >= 4 is 33.4 Å². The van der Waals surface area contributed by atoms with Gasteiger partial charge in [-0.05, 0) is 27.5 Å². The Labute approximate surface area is 86.1 Å². The van der Waals surface area contributed by atoms with Crippen LogP contribution in [-0.4, -0.2) is 24.4 Å². The summed E-state index contributed by atoms with van der Waals surface area (Å²) in [7, 11) is 0. The van der Waals surface area contributed by atoms with E-state index in [1.165, 1.54) is 11.5 Å². The van der Waals surface area contributed by atoms with E-state index in [0.717, 1.165) is 5.69 Å². The number of anilines is 1. The van der Waals surface area contributed by atoms with E-state index in [4.69, 9.17) is 5.73 Å². The third kappa shape index (κ3) is 1.83. The van der Waals surface area contributed by atoms with Gasteiger partial charge in [-0.2, -0.15) is 4.98 Å². The average molecular weight is 261 g/mol. The van der Waals surface area contributed by atoms with Crippen LogP contribution in [0.4, 0.5) is 5.95 Å². The highest BCUT2D eigenvalue weighted by atomic mass is 79.9. The molecule has 0 fully saturated rings. The van der Waals surface area contributed by atoms with Gasteiger partial charge in [-0.15, -0.1) is 10.2 Å². The fourth-order valence-electron chi connectivity index (χ4n) is 0.846. The number of aromatic nitrogens is 5. The van der Waals surface area contributed by atoms with Crippen molar-refractivity contribution in [3.63, 3.8) is 0 Å². The van der Waals surface area contributed by atoms with Crippen LogP contribution >= 0.6 is 27.5 Å². The maximum Gasteiger partial charge on any atom is 0.240 e. The second-order valence-corrected chi connectivity index (χ2v) is 3.61. The van der Waals surface area contributed by atoms with Gasteiger partial charge in [0.05, 0.1) is 12.2 Å². The second kappa shape index (κ2) is 3.38. The van der Waals surface area contributed by atoms with Crippen LogP contribution < -0.4 is 5.73 Å². The highest BCUT2D eigenvalue weighted by Gasteiger charge is 2.06. The molecule has 8 heteroatoms. The third-order valence-electron chi connectivity index (χ3n) is 1.36. The third-order valence-corrected chi connectivity index (χ3v) is 2.50. The van der Waals surface area contributed by atoms with Crippen molar-refractivity contribution in [2.45, 2.75) is 6.54 Å². The Kier molecular flexibility index (Phi) is 2.23. The maximum absolute atomic E-state index is 5.40. The minimum Gasteiger partial charge on any atom is -0.366 e. The zero-order valence-electron chi connectivity index (χ0n) is 6.38. The van der Waals surface area contributed by atoms with Crippen molar-refractivity contribution in [1.29, 1.82) is 0 Å². The highest BCUT2D eigenvalue weighted by Crippen LogP contribution is 2.10. The molecule has 2 rings (SSSR count). The summed E-state index contributed by atoms with van der Waals surface area (Å²) >= 11 is 4.53. The topological polar surface area (TPSA) is 82.5 Å². The van der Waals surface area contributed by atoms with Gasteiger partial charge in [0.15, 0.2) is 4.73 Å². The monoisotopic (exact) mass is 260 g/mol. The first-order valence-corrected chi connectivity index (χ1v) is 5.00. The molecule has 2 N–H and O–H groups in total. The summed E-state index contributed by atoms with van der Waals surface area (Å²) < 4.78 is 5.95. The molecule has 2 aromatic rings. The summed E-state index contributed by atoms with van der Waals surface area (Å²) in [6, 6.07) is 0. The van der Waals surface area contributed by atoms with Crippen LogP contribution in [0.1, 0.15) is 5.69 Å². The molecule has 0 bridgehead atoms. The van der Waals surface area contributed by atoms with E-state index < -0.39 is 0 Å². The lowest BCUT2D eigenvalue weighted by Gasteiger charge is -1.95. The quantitative estimate of drug-likeness (QED) is 0.852. The van der Waals surface area contributed by atoms with Gasteiger partial charge >= 0.3 is 0 Å². The van der Waals surface area contributed by atoms with Crippen molar-refractivity contribution in [3.05, 3.63) is 15.8 Å². The molecule has 0 saturated carbocycles. The van der Waals surface area contributed by atoms with Crippen molar-refractivity contribution in [1.82, 2.24) is 24.4 Å². The molecule has 0 radical (unpaired) electrons. The molecule has 6 nitrogen and oxygen atoms in total. The molecule has 68 valence electrons. The average Bonchev–Trinajstić information content (AvgIpc) is 2.63. The van der Waals surface area contributed by atoms with Crippen molar-refractivity contribution < 1.29 is 0 Å². The molecule has 2 aromatic heterocycles. The maximum atomic E-state index is 5.40. The smallest absolute Gasteiger partial charge is 0.240 e. The number of halogens is 1. The zero-order chi connectivity index (χ0) is 9.26. The van der Waals surface area contributed by atoms with Crippen LogP contribution in [-0.2, 0) is 6.54 Å². The predicted octanol–water partition coefficient (Wildman–Crippen LogP) is 0.523. The van der Waals surface area contributed by atoms with Gasteiger partial charge in [-0.3, -0.25) is 0 Å². The van der Waals surface area contributed by atoms with Crippen molar-refractivity contribution in [2.75, 3.05) is 5.73 Å². The standard InChI is InChI=1S/C5H5BrN6S/c6-4-8-5(7)10-12(4)1-3-2-13-11-9-3/h2H,1H2,(H2,7,10). The largest absolute Gasteiger partial charge is 0.366 e. The van der Waals surface area contributed by atoms with Gasteiger partial charge < -0.3 is 5.73 Å². The van der Waals surface area contributed by atoms with Gasteiger partial charge in [-0.1, -0.05) is 4.49 Å². The molecule has 0 atom stereocenters. The molecular formula is C5H5BrN6S. The Bertz CT molecular complexity index is 395. The predicted molar refractivity (Wildman–Crippen MR) is 51.1 cm³/mol. The van der Waals surface area contributed by atoms with Crippen molar-refractivity contribution in [3.8, 4) is 0 Å². The van der Waals surface area contributed by atoms with E-state index in [1.807, 2.05) is 5.38 Å². The number of nitrogens with two attached hydrogens (primary N) is 1. The van der Waals surface area contributed by atoms with E-state index in [2.05, 4.69) is 35.6 Å². The van der Waals surface area contributed by atoms with Gasteiger partial charge in [0.2, 0.25) is 5.95 Å². The summed E-state index contributed by atoms with van der Waals surface area (Å²) in [6.07, 6.45) is 0. The molecule has 0 spiro atoms. The number of rotatable bonds is 2. The SMILES string of the molecule is Nc1nc(Br)n(Cc2csnn2)n1. The van der Waals surface area contributed by atoms with Gasteiger partial charge in [0.1, 0.15) is 0 Å². The van der Waals surface area contributed by atoms with Crippen LogP contribution in [0.15, 0.2) is 10.1 Å². The Balaban J connectivity index is 2.23. The lowest BCUT2D eigenvalue weighted by molar-refractivity contribution is 0.655. The Hall–Kier alpha value is -1.02. The van der Waals surface area contributed by atoms with Gasteiger partial charge in [0.25, 0.3) is 0 Å². The fourth-order valence-corrected chi connectivity index (χ4v) is 1.68. The summed E-state index contributed by atoms with van der Waals surface area (Å²) in [4.78, 5) is 3.89. The normalized spacial score (nSPS) is 10.5. The molecule has 2 heterocycles. The van der Waals surface area contributed by atoms with Gasteiger partial charge in [0, 0.05) is 5.38 Å². The first-order chi connectivity index (χ1) is 6.25. The minimum absolute atomic E-state index is 0.245. The summed E-state index contributed by atoms with van der Waals surface area (Å²) in [5.41, 5.74) is 6.25. The number of nitrogen functional groups attached to an aromatic ring is 1.